The second kappa shape index (κ2) is 5.84. The van der Waals surface area contributed by atoms with E-state index >= 15 is 0 Å². The van der Waals surface area contributed by atoms with Gasteiger partial charge in [-0.25, -0.2) is 0 Å². The maximum Gasteiger partial charge on any atom is 0.254 e. The predicted octanol–water partition coefficient (Wildman–Crippen LogP) is 1.51. The molecule has 0 radical (unpaired) electrons. The summed E-state index contributed by atoms with van der Waals surface area (Å²) in [4.78, 5) is 16.8. The largest absolute Gasteiger partial charge is 0.336 e. The van der Waals surface area contributed by atoms with Crippen LogP contribution in [-0.2, 0) is 0 Å². The first-order valence-electron chi connectivity index (χ1n) is 7.41. The molecule has 2 aliphatic rings. The average Bonchev–Trinajstić information content (AvgIpc) is 3.10. The van der Waals surface area contributed by atoms with Crippen LogP contribution in [0.2, 0.25) is 0 Å². The minimum atomic E-state index is 0.194. The van der Waals surface area contributed by atoms with E-state index in [9.17, 15) is 4.79 Å². The topological polar surface area (TPSA) is 35.6 Å². The Balaban J connectivity index is 1.51. The molecule has 3 heterocycles. The molecule has 0 spiro atoms. The highest BCUT2D eigenvalue weighted by Gasteiger charge is 2.32. The lowest BCUT2D eigenvalue weighted by molar-refractivity contribution is 0.0582. The molecule has 0 saturated carbocycles. The van der Waals surface area contributed by atoms with Crippen molar-refractivity contribution in [3.8, 4) is 0 Å². The van der Waals surface area contributed by atoms with Crippen LogP contribution in [0.5, 0.6) is 0 Å². The van der Waals surface area contributed by atoms with Crippen molar-refractivity contribution >= 4 is 17.2 Å². The molecule has 4 nitrogen and oxygen atoms in total. The van der Waals surface area contributed by atoms with E-state index in [1.165, 1.54) is 6.42 Å². The second-order valence-corrected chi connectivity index (χ2v) is 7.10. The molecule has 5 heteroatoms. The van der Waals surface area contributed by atoms with Crippen molar-refractivity contribution in [3.05, 3.63) is 22.4 Å². The minimum absolute atomic E-state index is 0.194. The Morgan fingerprint density at radius 3 is 2.80 bits per heavy atom. The van der Waals surface area contributed by atoms with Crippen molar-refractivity contribution in [2.45, 2.75) is 13.3 Å². The van der Waals surface area contributed by atoms with Crippen LogP contribution in [-0.4, -0.2) is 61.5 Å². The number of rotatable bonds is 3. The highest BCUT2D eigenvalue weighted by Crippen LogP contribution is 2.26. The summed E-state index contributed by atoms with van der Waals surface area (Å²) in [6.45, 7) is 9.53. The Bertz CT molecular complexity index is 446. The van der Waals surface area contributed by atoms with Gasteiger partial charge in [-0.05, 0) is 29.8 Å². The van der Waals surface area contributed by atoms with E-state index < -0.39 is 0 Å². The highest BCUT2D eigenvalue weighted by molar-refractivity contribution is 7.08. The summed E-state index contributed by atoms with van der Waals surface area (Å²) < 4.78 is 0. The lowest BCUT2D eigenvalue weighted by Crippen LogP contribution is -2.51. The molecular formula is C15H23N3OS. The summed E-state index contributed by atoms with van der Waals surface area (Å²) in [7, 11) is 0. The van der Waals surface area contributed by atoms with Gasteiger partial charge in [-0.3, -0.25) is 9.69 Å². The van der Waals surface area contributed by atoms with E-state index in [0.717, 1.165) is 51.4 Å². The standard InChI is InChI=1S/C15H23N3OS/c1-15(3-4-16-11-15)12-17-5-7-18(8-6-17)14(19)13-2-9-20-10-13/h2,9-10,16H,3-8,11-12H2,1H3. The zero-order chi connectivity index (χ0) is 14.0. The monoisotopic (exact) mass is 293 g/mol. The number of carbonyl (C=O) groups excluding carboxylic acids is 1. The fourth-order valence-corrected chi connectivity index (χ4v) is 3.85. The van der Waals surface area contributed by atoms with Gasteiger partial charge in [0.1, 0.15) is 0 Å². The van der Waals surface area contributed by atoms with Gasteiger partial charge in [0.15, 0.2) is 0 Å². The molecule has 2 aliphatic heterocycles. The molecule has 1 unspecified atom stereocenters. The SMILES string of the molecule is CC1(CN2CCN(C(=O)c3ccsc3)CC2)CCNC1. The number of piperazine rings is 1. The molecule has 0 aromatic carbocycles. The number of thiophene rings is 1. The number of amides is 1. The molecule has 3 rings (SSSR count). The van der Waals surface area contributed by atoms with E-state index in [0.29, 0.717) is 5.41 Å². The average molecular weight is 293 g/mol. The van der Waals surface area contributed by atoms with Gasteiger partial charge in [0.2, 0.25) is 0 Å². The van der Waals surface area contributed by atoms with E-state index in [1.54, 1.807) is 11.3 Å². The molecule has 2 saturated heterocycles. The quantitative estimate of drug-likeness (QED) is 0.917. The molecule has 2 fully saturated rings. The fraction of sp³-hybridized carbons (Fsp3) is 0.667. The van der Waals surface area contributed by atoms with Crippen molar-refractivity contribution in [1.82, 2.24) is 15.1 Å². The van der Waals surface area contributed by atoms with E-state index in [-0.39, 0.29) is 5.91 Å². The molecule has 1 atom stereocenters. The van der Waals surface area contributed by atoms with Crippen molar-refractivity contribution in [2.24, 2.45) is 5.41 Å². The summed E-state index contributed by atoms with van der Waals surface area (Å²) in [5.41, 5.74) is 1.26. The van der Waals surface area contributed by atoms with Crippen LogP contribution in [0.3, 0.4) is 0 Å². The van der Waals surface area contributed by atoms with Crippen LogP contribution in [0.15, 0.2) is 16.8 Å². The van der Waals surface area contributed by atoms with Gasteiger partial charge in [-0.15, -0.1) is 0 Å². The predicted molar refractivity (Wildman–Crippen MR) is 82.3 cm³/mol. The molecule has 1 N–H and O–H groups in total. The molecule has 110 valence electrons. The van der Waals surface area contributed by atoms with Crippen molar-refractivity contribution < 1.29 is 4.79 Å². The van der Waals surface area contributed by atoms with Gasteiger partial charge in [0.05, 0.1) is 5.56 Å². The lowest BCUT2D eigenvalue weighted by Gasteiger charge is -2.38. The smallest absolute Gasteiger partial charge is 0.254 e. The first-order valence-corrected chi connectivity index (χ1v) is 8.35. The molecular weight excluding hydrogens is 270 g/mol. The van der Waals surface area contributed by atoms with Crippen LogP contribution in [0, 0.1) is 5.41 Å². The van der Waals surface area contributed by atoms with Crippen LogP contribution in [0.1, 0.15) is 23.7 Å². The molecule has 1 aromatic rings. The second-order valence-electron chi connectivity index (χ2n) is 6.32. The van der Waals surface area contributed by atoms with Crippen molar-refractivity contribution in [2.75, 3.05) is 45.8 Å². The van der Waals surface area contributed by atoms with Crippen molar-refractivity contribution in [1.29, 1.82) is 0 Å². The van der Waals surface area contributed by atoms with Gasteiger partial charge in [0, 0.05) is 44.6 Å². The lowest BCUT2D eigenvalue weighted by atomic mass is 9.89. The molecule has 1 aromatic heterocycles. The van der Waals surface area contributed by atoms with Gasteiger partial charge in [0.25, 0.3) is 5.91 Å². The van der Waals surface area contributed by atoms with Crippen LogP contribution in [0.4, 0.5) is 0 Å². The third-order valence-electron chi connectivity index (χ3n) is 4.49. The Kier molecular flexibility index (Phi) is 4.10. The number of carbonyl (C=O) groups is 1. The number of hydrogen-bond acceptors (Lipinski definition) is 4. The summed E-state index contributed by atoms with van der Waals surface area (Å²) >= 11 is 1.59. The Hall–Kier alpha value is -0.910. The number of hydrogen-bond donors (Lipinski definition) is 1. The maximum atomic E-state index is 12.3. The van der Waals surface area contributed by atoms with Crippen LogP contribution in [0.25, 0.3) is 0 Å². The summed E-state index contributed by atoms with van der Waals surface area (Å²) in [5.74, 6) is 0.194. The summed E-state index contributed by atoms with van der Waals surface area (Å²) in [6.07, 6.45) is 1.26. The normalized spacial score (nSPS) is 27.9. The summed E-state index contributed by atoms with van der Waals surface area (Å²) in [6, 6.07) is 1.92. The van der Waals surface area contributed by atoms with Gasteiger partial charge in [-0.1, -0.05) is 6.92 Å². The van der Waals surface area contributed by atoms with Crippen LogP contribution < -0.4 is 5.32 Å². The van der Waals surface area contributed by atoms with E-state index in [1.807, 2.05) is 21.7 Å². The van der Waals surface area contributed by atoms with Gasteiger partial charge in [-0.2, -0.15) is 11.3 Å². The van der Waals surface area contributed by atoms with Gasteiger partial charge >= 0.3 is 0 Å². The third kappa shape index (κ3) is 3.05. The molecule has 0 bridgehead atoms. The van der Waals surface area contributed by atoms with Crippen LogP contribution >= 0.6 is 11.3 Å². The summed E-state index contributed by atoms with van der Waals surface area (Å²) in [5, 5.41) is 7.37. The molecule has 1 amide bonds. The zero-order valence-corrected chi connectivity index (χ0v) is 12.9. The highest BCUT2D eigenvalue weighted by atomic mass is 32.1. The Morgan fingerprint density at radius 2 is 2.20 bits per heavy atom. The molecule has 20 heavy (non-hydrogen) atoms. The Labute approximate surface area is 124 Å². The zero-order valence-electron chi connectivity index (χ0n) is 12.1. The maximum absolute atomic E-state index is 12.3. The Morgan fingerprint density at radius 1 is 1.40 bits per heavy atom. The number of nitrogens with one attached hydrogen (secondary N) is 1. The van der Waals surface area contributed by atoms with E-state index in [2.05, 4.69) is 17.1 Å². The van der Waals surface area contributed by atoms with E-state index in [4.69, 9.17) is 0 Å². The first kappa shape index (κ1) is 14.0. The fourth-order valence-electron chi connectivity index (χ4n) is 3.22. The third-order valence-corrected chi connectivity index (χ3v) is 5.17. The van der Waals surface area contributed by atoms with Crippen molar-refractivity contribution in [3.63, 3.8) is 0 Å². The molecule has 0 aliphatic carbocycles. The van der Waals surface area contributed by atoms with Gasteiger partial charge < -0.3 is 10.2 Å². The first-order chi connectivity index (χ1) is 9.66. The minimum Gasteiger partial charge on any atom is -0.336 e. The number of nitrogens with zero attached hydrogens (tertiary/aromatic N) is 2.